The van der Waals surface area contributed by atoms with E-state index in [-0.39, 0.29) is 0 Å². The van der Waals surface area contributed by atoms with Gasteiger partial charge < -0.3 is 10.1 Å². The molecule has 0 spiro atoms. The van der Waals surface area contributed by atoms with Crippen LogP contribution in [-0.2, 0) is 6.54 Å². The van der Waals surface area contributed by atoms with Crippen LogP contribution < -0.4 is 10.1 Å². The molecule has 0 aliphatic rings. The summed E-state index contributed by atoms with van der Waals surface area (Å²) < 4.78 is 5.68. The van der Waals surface area contributed by atoms with Crippen LogP contribution in [0.5, 0.6) is 5.75 Å². The zero-order valence-electron chi connectivity index (χ0n) is 12.4. The van der Waals surface area contributed by atoms with Crippen molar-refractivity contribution in [2.45, 2.75) is 33.4 Å². The van der Waals surface area contributed by atoms with E-state index >= 15 is 0 Å². The van der Waals surface area contributed by atoms with Crippen molar-refractivity contribution < 1.29 is 4.74 Å². The Morgan fingerprint density at radius 3 is 2.60 bits per heavy atom. The summed E-state index contributed by atoms with van der Waals surface area (Å²) in [5.74, 6) is 1.55. The highest BCUT2D eigenvalue weighted by Crippen LogP contribution is 2.27. The van der Waals surface area contributed by atoms with Crippen molar-refractivity contribution in [3.05, 3.63) is 52.2 Å². The van der Waals surface area contributed by atoms with Gasteiger partial charge in [-0.05, 0) is 30.4 Å². The minimum Gasteiger partial charge on any atom is -0.494 e. The molecule has 2 nitrogen and oxygen atoms in total. The number of nitrogens with one attached hydrogen (secondary N) is 1. The monoisotopic (exact) mass is 289 g/mol. The molecule has 0 saturated carbocycles. The van der Waals surface area contributed by atoms with E-state index in [1.165, 1.54) is 10.4 Å². The average molecular weight is 289 g/mol. The average Bonchev–Trinajstić information content (AvgIpc) is 2.94. The van der Waals surface area contributed by atoms with Crippen molar-refractivity contribution in [3.8, 4) is 5.75 Å². The van der Waals surface area contributed by atoms with Crippen molar-refractivity contribution in [3.63, 3.8) is 0 Å². The maximum absolute atomic E-state index is 5.68. The molecule has 1 heterocycles. The van der Waals surface area contributed by atoms with Gasteiger partial charge in [0.1, 0.15) is 5.75 Å². The van der Waals surface area contributed by atoms with Crippen molar-refractivity contribution in [2.24, 2.45) is 5.92 Å². The highest BCUT2D eigenvalue weighted by Gasteiger charge is 2.16. The Morgan fingerprint density at radius 2 is 1.95 bits per heavy atom. The van der Waals surface area contributed by atoms with Gasteiger partial charge in [-0.25, -0.2) is 0 Å². The Bertz CT molecular complexity index is 507. The van der Waals surface area contributed by atoms with Crippen molar-refractivity contribution >= 4 is 11.3 Å². The Morgan fingerprint density at radius 1 is 1.15 bits per heavy atom. The molecule has 1 N–H and O–H groups in total. The smallest absolute Gasteiger partial charge is 0.123 e. The number of rotatable bonds is 7. The minimum absolute atomic E-state index is 0.393. The van der Waals surface area contributed by atoms with Crippen molar-refractivity contribution in [2.75, 3.05) is 6.61 Å². The number of ether oxygens (including phenoxy) is 1. The standard InChI is InChI=1S/C17H23NOS/c1-4-19-15-9-6-5-8-14(15)12-18-17(13(2)3)16-10-7-11-20-16/h5-11,13,17-18H,4,12H2,1-3H3. The molecular formula is C17H23NOS. The third kappa shape index (κ3) is 3.84. The molecule has 3 heteroatoms. The van der Waals surface area contributed by atoms with Crippen LogP contribution in [0.15, 0.2) is 41.8 Å². The third-order valence-electron chi connectivity index (χ3n) is 3.30. The Balaban J connectivity index is 2.06. The van der Waals surface area contributed by atoms with Crippen LogP contribution in [0, 0.1) is 5.92 Å². The second-order valence-electron chi connectivity index (χ2n) is 5.16. The van der Waals surface area contributed by atoms with Crippen LogP contribution in [0.3, 0.4) is 0 Å². The first-order chi connectivity index (χ1) is 9.72. The fourth-order valence-corrected chi connectivity index (χ4v) is 3.27. The van der Waals surface area contributed by atoms with E-state index in [2.05, 4.69) is 48.8 Å². The van der Waals surface area contributed by atoms with Crippen LogP contribution in [0.4, 0.5) is 0 Å². The second-order valence-corrected chi connectivity index (χ2v) is 6.14. The number of hydrogen-bond acceptors (Lipinski definition) is 3. The molecule has 0 amide bonds. The fourth-order valence-electron chi connectivity index (χ4n) is 2.30. The van der Waals surface area contributed by atoms with E-state index < -0.39 is 0 Å². The van der Waals surface area contributed by atoms with E-state index in [0.29, 0.717) is 18.6 Å². The number of hydrogen-bond donors (Lipinski definition) is 1. The van der Waals surface area contributed by atoms with E-state index in [9.17, 15) is 0 Å². The summed E-state index contributed by atoms with van der Waals surface area (Å²) in [6, 6.07) is 13.0. The van der Waals surface area contributed by atoms with Gasteiger partial charge in [0.05, 0.1) is 6.61 Å². The van der Waals surface area contributed by atoms with Gasteiger partial charge >= 0.3 is 0 Å². The van der Waals surface area contributed by atoms with Gasteiger partial charge in [-0.2, -0.15) is 0 Å². The molecule has 108 valence electrons. The predicted molar refractivity (Wildman–Crippen MR) is 86.3 cm³/mol. The molecule has 1 atom stereocenters. The largest absolute Gasteiger partial charge is 0.494 e. The minimum atomic E-state index is 0.393. The summed E-state index contributed by atoms with van der Waals surface area (Å²) in [5.41, 5.74) is 1.22. The van der Waals surface area contributed by atoms with Crippen LogP contribution in [0.1, 0.15) is 37.3 Å². The quantitative estimate of drug-likeness (QED) is 0.802. The molecule has 0 fully saturated rings. The Kier molecular flexibility index (Phi) is 5.62. The number of thiophene rings is 1. The second kappa shape index (κ2) is 7.46. The number of benzene rings is 1. The van der Waals surface area contributed by atoms with Crippen molar-refractivity contribution in [1.82, 2.24) is 5.32 Å². The van der Waals surface area contributed by atoms with Gasteiger partial charge in [0.15, 0.2) is 0 Å². The van der Waals surface area contributed by atoms with E-state index in [4.69, 9.17) is 4.74 Å². The molecule has 2 aromatic rings. The summed E-state index contributed by atoms with van der Waals surface area (Å²) in [5, 5.41) is 5.81. The zero-order valence-corrected chi connectivity index (χ0v) is 13.2. The molecule has 1 aromatic carbocycles. The lowest BCUT2D eigenvalue weighted by molar-refractivity contribution is 0.332. The molecule has 0 radical (unpaired) electrons. The highest BCUT2D eigenvalue weighted by molar-refractivity contribution is 7.10. The van der Waals surface area contributed by atoms with Crippen molar-refractivity contribution in [1.29, 1.82) is 0 Å². The lowest BCUT2D eigenvalue weighted by Crippen LogP contribution is -2.24. The maximum Gasteiger partial charge on any atom is 0.123 e. The summed E-state index contributed by atoms with van der Waals surface area (Å²) in [6.45, 7) is 8.07. The molecule has 0 aliphatic carbocycles. The van der Waals surface area contributed by atoms with Gasteiger partial charge in [-0.15, -0.1) is 11.3 Å². The fraction of sp³-hybridized carbons (Fsp3) is 0.412. The first-order valence-electron chi connectivity index (χ1n) is 7.19. The van der Waals surface area contributed by atoms with Crippen LogP contribution in [-0.4, -0.2) is 6.61 Å². The summed E-state index contributed by atoms with van der Waals surface area (Å²) in [6.07, 6.45) is 0. The molecule has 0 saturated heterocycles. The van der Waals surface area contributed by atoms with Gasteiger partial charge in [-0.3, -0.25) is 0 Å². The predicted octanol–water partition coefficient (Wildman–Crippen LogP) is 4.63. The van der Waals surface area contributed by atoms with E-state index in [0.717, 1.165) is 12.3 Å². The molecule has 0 aliphatic heterocycles. The lowest BCUT2D eigenvalue weighted by Gasteiger charge is -2.22. The molecule has 20 heavy (non-hydrogen) atoms. The zero-order chi connectivity index (χ0) is 14.4. The molecule has 0 bridgehead atoms. The summed E-state index contributed by atoms with van der Waals surface area (Å²) >= 11 is 1.82. The Labute approximate surface area is 125 Å². The van der Waals surface area contributed by atoms with Gasteiger partial charge in [0.25, 0.3) is 0 Å². The summed E-state index contributed by atoms with van der Waals surface area (Å²) in [7, 11) is 0. The third-order valence-corrected chi connectivity index (χ3v) is 4.26. The van der Waals surface area contributed by atoms with Gasteiger partial charge in [0.2, 0.25) is 0 Å². The molecule has 1 unspecified atom stereocenters. The SMILES string of the molecule is CCOc1ccccc1CNC(c1cccs1)C(C)C. The van der Waals surface area contributed by atoms with E-state index in [1.807, 2.05) is 30.4 Å². The van der Waals surface area contributed by atoms with E-state index in [1.54, 1.807) is 0 Å². The normalized spacial score (nSPS) is 12.6. The van der Waals surface area contributed by atoms with Crippen LogP contribution in [0.25, 0.3) is 0 Å². The lowest BCUT2D eigenvalue weighted by atomic mass is 10.0. The van der Waals surface area contributed by atoms with Gasteiger partial charge in [-0.1, -0.05) is 38.1 Å². The first-order valence-corrected chi connectivity index (χ1v) is 8.07. The summed E-state index contributed by atoms with van der Waals surface area (Å²) in [4.78, 5) is 1.40. The Hall–Kier alpha value is -1.32. The number of para-hydroxylation sites is 1. The first kappa shape index (κ1) is 15.1. The molecule has 2 rings (SSSR count). The van der Waals surface area contributed by atoms with Gasteiger partial charge in [0, 0.05) is 23.0 Å². The molecular weight excluding hydrogens is 266 g/mol. The molecule has 1 aromatic heterocycles. The van der Waals surface area contributed by atoms with Crippen LogP contribution in [0.2, 0.25) is 0 Å². The van der Waals surface area contributed by atoms with Crippen LogP contribution >= 0.6 is 11.3 Å². The maximum atomic E-state index is 5.68. The highest BCUT2D eigenvalue weighted by atomic mass is 32.1. The topological polar surface area (TPSA) is 21.3 Å².